The van der Waals surface area contributed by atoms with Gasteiger partial charge in [-0.1, -0.05) is 12.1 Å². The smallest absolute Gasteiger partial charge is 0.341 e. The van der Waals surface area contributed by atoms with Crippen LogP contribution in [-0.4, -0.2) is 37.9 Å². The molecule has 2 amide bonds. The highest BCUT2D eigenvalue weighted by Gasteiger charge is 2.29. The number of primary amides is 1. The Kier molecular flexibility index (Phi) is 5.89. The van der Waals surface area contributed by atoms with Crippen LogP contribution in [0.2, 0.25) is 0 Å². The summed E-state index contributed by atoms with van der Waals surface area (Å²) in [5.41, 5.74) is 5.42. The third-order valence-electron chi connectivity index (χ3n) is 3.81. The number of alkyl halides is 2. The van der Waals surface area contributed by atoms with Gasteiger partial charge >= 0.3 is 5.76 Å². The molecule has 2 aromatic carbocycles. The average Bonchev–Trinajstić information content (AvgIpc) is 2.61. The third-order valence-corrected chi connectivity index (χ3v) is 5.20. The number of nitrogens with zero attached hydrogens (tertiary/aromatic N) is 1. The Balaban J connectivity index is 2.34. The second-order valence-corrected chi connectivity index (χ2v) is 7.52. The molecular formula is C17H15F3N2O4S. The Labute approximate surface area is 153 Å². The van der Waals surface area contributed by atoms with E-state index in [0.717, 1.165) is 41.3 Å². The van der Waals surface area contributed by atoms with Gasteiger partial charge in [0.25, 0.3) is 5.91 Å². The van der Waals surface area contributed by atoms with E-state index in [0.29, 0.717) is 0 Å². The van der Waals surface area contributed by atoms with Crippen molar-refractivity contribution < 1.29 is 31.2 Å². The summed E-state index contributed by atoms with van der Waals surface area (Å²) in [6.07, 6.45) is 0. The lowest BCUT2D eigenvalue weighted by atomic mass is 10.0. The highest BCUT2D eigenvalue weighted by Crippen LogP contribution is 2.23. The van der Waals surface area contributed by atoms with Crippen molar-refractivity contribution in [2.24, 2.45) is 5.73 Å². The number of nitrogens with two attached hydrogens (primary N) is 1. The van der Waals surface area contributed by atoms with Gasteiger partial charge in [-0.2, -0.15) is 8.78 Å². The van der Waals surface area contributed by atoms with Crippen LogP contribution < -0.4 is 5.73 Å². The molecule has 1 atom stereocenters. The predicted octanol–water partition coefficient (Wildman–Crippen LogP) is 2.12. The number of carbonyl (C=O) groups excluding carboxylic acids is 2. The molecule has 0 aliphatic carbocycles. The van der Waals surface area contributed by atoms with E-state index in [2.05, 4.69) is 0 Å². The third kappa shape index (κ3) is 4.27. The number of halogens is 3. The van der Waals surface area contributed by atoms with Crippen molar-refractivity contribution in [2.75, 3.05) is 7.05 Å². The Morgan fingerprint density at radius 3 is 2.15 bits per heavy atom. The summed E-state index contributed by atoms with van der Waals surface area (Å²) in [5, 5.41) is 0. The summed E-state index contributed by atoms with van der Waals surface area (Å²) < 4.78 is 61.4. The second-order valence-electron chi connectivity index (χ2n) is 5.61. The molecule has 27 heavy (non-hydrogen) atoms. The van der Waals surface area contributed by atoms with Crippen LogP contribution in [-0.2, 0) is 14.6 Å². The van der Waals surface area contributed by atoms with Crippen LogP contribution in [0.4, 0.5) is 13.2 Å². The number of carbonyl (C=O) groups is 2. The molecule has 0 aliphatic heterocycles. The summed E-state index contributed by atoms with van der Waals surface area (Å²) in [7, 11) is -3.53. The first-order valence-electron chi connectivity index (χ1n) is 7.49. The highest BCUT2D eigenvalue weighted by molar-refractivity contribution is 7.91. The van der Waals surface area contributed by atoms with Gasteiger partial charge in [0.15, 0.2) is 0 Å². The molecule has 6 nitrogen and oxygen atoms in total. The summed E-state index contributed by atoms with van der Waals surface area (Å²) in [6, 6.07) is 7.51. The lowest BCUT2D eigenvalue weighted by Crippen LogP contribution is -2.39. The van der Waals surface area contributed by atoms with Crippen LogP contribution in [0.5, 0.6) is 0 Å². The first-order valence-corrected chi connectivity index (χ1v) is 9.04. The van der Waals surface area contributed by atoms with Gasteiger partial charge in [-0.25, -0.2) is 12.8 Å². The molecule has 1 unspecified atom stereocenters. The minimum absolute atomic E-state index is 0.0617. The minimum atomic E-state index is -4.79. The van der Waals surface area contributed by atoms with Crippen LogP contribution in [0.25, 0.3) is 0 Å². The maximum absolute atomic E-state index is 13.4. The molecule has 0 heterocycles. The fourth-order valence-electron chi connectivity index (χ4n) is 2.47. The fraction of sp³-hybridized carbons (Fsp3) is 0.176. The number of sulfone groups is 1. The standard InChI is InChI=1S/C17H15F3N2O4S/c1-22(14(15(21)23)11-3-2-4-12(18)9-11)16(24)10-5-7-13(8-6-10)27(25,26)17(19)20/h2-9,14,17H,1H3,(H2,21,23). The number of rotatable bonds is 6. The van der Waals surface area contributed by atoms with Gasteiger partial charge in [0.2, 0.25) is 15.7 Å². The number of amides is 2. The first kappa shape index (κ1) is 20.4. The van der Waals surface area contributed by atoms with Gasteiger partial charge < -0.3 is 10.6 Å². The van der Waals surface area contributed by atoms with Gasteiger partial charge in [0.1, 0.15) is 11.9 Å². The monoisotopic (exact) mass is 400 g/mol. The molecule has 10 heteroatoms. The Morgan fingerprint density at radius 1 is 1.07 bits per heavy atom. The van der Waals surface area contributed by atoms with E-state index >= 15 is 0 Å². The summed E-state index contributed by atoms with van der Waals surface area (Å²) in [4.78, 5) is 24.7. The minimum Gasteiger partial charge on any atom is -0.368 e. The SMILES string of the molecule is CN(C(=O)c1ccc(S(=O)(=O)C(F)F)cc1)C(C(N)=O)c1cccc(F)c1. The zero-order valence-electron chi connectivity index (χ0n) is 14.0. The van der Waals surface area contributed by atoms with Crippen molar-refractivity contribution in [2.45, 2.75) is 16.7 Å². The van der Waals surface area contributed by atoms with Crippen molar-refractivity contribution in [1.29, 1.82) is 0 Å². The Bertz CT molecular complexity index is 962. The van der Waals surface area contributed by atoms with Crippen molar-refractivity contribution in [3.63, 3.8) is 0 Å². The van der Waals surface area contributed by atoms with Gasteiger partial charge in [-0.3, -0.25) is 9.59 Å². The average molecular weight is 400 g/mol. The molecule has 2 N–H and O–H groups in total. The van der Waals surface area contributed by atoms with E-state index in [-0.39, 0.29) is 11.1 Å². The topological polar surface area (TPSA) is 97.5 Å². The number of hydrogen-bond acceptors (Lipinski definition) is 4. The van der Waals surface area contributed by atoms with Crippen LogP contribution in [0, 0.1) is 5.82 Å². The zero-order valence-corrected chi connectivity index (χ0v) is 14.8. The van der Waals surface area contributed by atoms with Crippen molar-refractivity contribution in [1.82, 2.24) is 4.90 Å². The maximum atomic E-state index is 13.4. The molecule has 0 saturated heterocycles. The van der Waals surface area contributed by atoms with E-state index in [9.17, 15) is 31.2 Å². The van der Waals surface area contributed by atoms with Crippen LogP contribution in [0.3, 0.4) is 0 Å². The molecule has 0 bridgehead atoms. The molecule has 0 fully saturated rings. The Hall–Kier alpha value is -2.88. The number of benzene rings is 2. The van der Waals surface area contributed by atoms with Crippen molar-refractivity contribution in [3.05, 3.63) is 65.5 Å². The lowest BCUT2D eigenvalue weighted by Gasteiger charge is -2.26. The van der Waals surface area contributed by atoms with Gasteiger partial charge in [-0.15, -0.1) is 0 Å². The number of hydrogen-bond donors (Lipinski definition) is 1. The molecule has 144 valence electrons. The number of likely N-dealkylation sites (N-methyl/N-ethyl adjacent to an activating group) is 1. The quantitative estimate of drug-likeness (QED) is 0.803. The summed E-state index contributed by atoms with van der Waals surface area (Å²) >= 11 is 0. The zero-order chi connectivity index (χ0) is 20.4. The largest absolute Gasteiger partial charge is 0.368 e. The fourth-order valence-corrected chi connectivity index (χ4v) is 3.19. The van der Waals surface area contributed by atoms with Crippen LogP contribution >= 0.6 is 0 Å². The van der Waals surface area contributed by atoms with E-state index in [1.165, 1.54) is 19.2 Å². The van der Waals surface area contributed by atoms with Crippen LogP contribution in [0.15, 0.2) is 53.4 Å². The van der Waals surface area contributed by atoms with Crippen LogP contribution in [0.1, 0.15) is 22.0 Å². The van der Waals surface area contributed by atoms with Crippen molar-refractivity contribution in [3.8, 4) is 0 Å². The predicted molar refractivity (Wildman–Crippen MR) is 90.1 cm³/mol. The first-order chi connectivity index (χ1) is 12.6. The van der Waals surface area contributed by atoms with E-state index in [4.69, 9.17) is 5.73 Å². The van der Waals surface area contributed by atoms with E-state index < -0.39 is 44.2 Å². The lowest BCUT2D eigenvalue weighted by molar-refractivity contribution is -0.122. The van der Waals surface area contributed by atoms with Gasteiger partial charge in [0.05, 0.1) is 4.90 Å². The molecule has 0 radical (unpaired) electrons. The Morgan fingerprint density at radius 2 is 1.67 bits per heavy atom. The normalized spacial score (nSPS) is 12.6. The molecule has 2 aromatic rings. The van der Waals surface area contributed by atoms with E-state index in [1.54, 1.807) is 0 Å². The molecule has 0 saturated carbocycles. The summed E-state index contributed by atoms with van der Waals surface area (Å²) in [6.45, 7) is 0. The van der Waals surface area contributed by atoms with E-state index in [1.807, 2.05) is 0 Å². The molecule has 2 rings (SSSR count). The maximum Gasteiger partial charge on any atom is 0.341 e. The highest BCUT2D eigenvalue weighted by atomic mass is 32.2. The molecule has 0 aromatic heterocycles. The van der Waals surface area contributed by atoms with Crippen molar-refractivity contribution >= 4 is 21.7 Å². The molecule has 0 spiro atoms. The van der Waals surface area contributed by atoms with Gasteiger partial charge in [-0.05, 0) is 42.0 Å². The summed E-state index contributed by atoms with van der Waals surface area (Å²) in [5.74, 6) is -5.85. The molecule has 0 aliphatic rings. The van der Waals surface area contributed by atoms with Gasteiger partial charge in [0, 0.05) is 12.6 Å². The second kappa shape index (κ2) is 7.78. The molecular weight excluding hydrogens is 385 g/mol.